The first-order valence-electron chi connectivity index (χ1n) is 7.98. The van der Waals surface area contributed by atoms with Gasteiger partial charge in [0.05, 0.1) is 0 Å². The maximum Gasteiger partial charge on any atom is 0.157 e. The molecule has 0 atom stereocenters. The highest BCUT2D eigenvalue weighted by Gasteiger charge is 2.38. The van der Waals surface area contributed by atoms with Gasteiger partial charge in [0.15, 0.2) is 5.17 Å². The Labute approximate surface area is 123 Å². The van der Waals surface area contributed by atoms with Crippen LogP contribution < -0.4 is 5.32 Å². The van der Waals surface area contributed by atoms with Crippen molar-refractivity contribution in [2.45, 2.75) is 65.3 Å². The van der Waals surface area contributed by atoms with Crippen molar-refractivity contribution in [3.63, 3.8) is 0 Å². The molecule has 2 nitrogen and oxygen atoms in total. The monoisotopic (exact) mass is 282 g/mol. The Bertz CT molecular complexity index is 309. The Morgan fingerprint density at radius 1 is 1.11 bits per heavy atom. The van der Waals surface area contributed by atoms with E-state index in [0.29, 0.717) is 11.5 Å². The fourth-order valence-corrected chi connectivity index (χ4v) is 4.70. The third-order valence-corrected chi connectivity index (χ3v) is 6.03. The molecule has 0 aromatic rings. The van der Waals surface area contributed by atoms with Crippen molar-refractivity contribution in [3.8, 4) is 0 Å². The molecule has 0 aromatic heterocycles. The molecular formula is C16H30N2S. The van der Waals surface area contributed by atoms with Gasteiger partial charge in [0.25, 0.3) is 0 Å². The molecule has 1 spiro atoms. The van der Waals surface area contributed by atoms with Crippen LogP contribution in [0.2, 0.25) is 0 Å². The summed E-state index contributed by atoms with van der Waals surface area (Å²) in [6.45, 7) is 10.3. The molecule has 0 bridgehead atoms. The van der Waals surface area contributed by atoms with Crippen LogP contribution in [0.1, 0.15) is 59.8 Å². The minimum absolute atomic E-state index is 0.396. The SMILES string of the molecule is CC(C)C(CN=C1NC2(CCCCC2)CS1)C(C)C. The third-order valence-electron chi connectivity index (χ3n) is 4.83. The maximum atomic E-state index is 4.88. The highest BCUT2D eigenvalue weighted by atomic mass is 32.2. The van der Waals surface area contributed by atoms with Crippen molar-refractivity contribution >= 4 is 16.9 Å². The fourth-order valence-electron chi connectivity index (χ4n) is 3.47. The Kier molecular flexibility index (Phi) is 5.22. The molecule has 0 amide bonds. The number of thioether (sulfide) groups is 1. The lowest BCUT2D eigenvalue weighted by molar-refractivity contribution is 0.294. The van der Waals surface area contributed by atoms with Crippen LogP contribution in [0, 0.1) is 17.8 Å². The number of amidine groups is 1. The third kappa shape index (κ3) is 3.90. The van der Waals surface area contributed by atoms with Gasteiger partial charge in [0.1, 0.15) is 0 Å². The van der Waals surface area contributed by atoms with Gasteiger partial charge in [-0.3, -0.25) is 4.99 Å². The van der Waals surface area contributed by atoms with E-state index < -0.39 is 0 Å². The first-order chi connectivity index (χ1) is 9.02. The molecule has 110 valence electrons. The largest absolute Gasteiger partial charge is 0.359 e. The lowest BCUT2D eigenvalue weighted by atomic mass is 9.83. The highest BCUT2D eigenvalue weighted by molar-refractivity contribution is 8.14. The second-order valence-corrected chi connectivity index (χ2v) is 8.02. The molecular weight excluding hydrogens is 252 g/mol. The molecule has 0 unspecified atom stereocenters. The summed E-state index contributed by atoms with van der Waals surface area (Å²) in [5.41, 5.74) is 0.396. The predicted octanol–water partition coefficient (Wildman–Crippen LogP) is 4.31. The molecule has 0 aromatic carbocycles. The summed E-state index contributed by atoms with van der Waals surface area (Å²) in [6, 6.07) is 0. The van der Waals surface area contributed by atoms with Crippen LogP contribution >= 0.6 is 11.8 Å². The van der Waals surface area contributed by atoms with E-state index in [2.05, 4.69) is 33.0 Å². The van der Waals surface area contributed by atoms with Gasteiger partial charge in [0, 0.05) is 17.8 Å². The molecule has 2 aliphatic rings. The van der Waals surface area contributed by atoms with E-state index in [1.165, 1.54) is 43.0 Å². The van der Waals surface area contributed by atoms with Gasteiger partial charge in [-0.1, -0.05) is 58.7 Å². The number of hydrogen-bond acceptors (Lipinski definition) is 2. The normalized spacial score (nSPS) is 24.9. The Balaban J connectivity index is 1.90. The van der Waals surface area contributed by atoms with E-state index in [4.69, 9.17) is 4.99 Å². The topological polar surface area (TPSA) is 24.4 Å². The lowest BCUT2D eigenvalue weighted by Gasteiger charge is -2.32. The number of aliphatic imine (C=N–C) groups is 1. The second kappa shape index (κ2) is 6.51. The van der Waals surface area contributed by atoms with Gasteiger partial charge < -0.3 is 5.32 Å². The van der Waals surface area contributed by atoms with E-state index in [1.54, 1.807) is 0 Å². The first-order valence-corrected chi connectivity index (χ1v) is 8.96. The van der Waals surface area contributed by atoms with E-state index in [0.717, 1.165) is 18.4 Å². The summed E-state index contributed by atoms with van der Waals surface area (Å²) >= 11 is 1.95. The smallest absolute Gasteiger partial charge is 0.157 e. The zero-order valence-electron chi connectivity index (χ0n) is 13.0. The maximum absolute atomic E-state index is 4.88. The zero-order chi connectivity index (χ0) is 13.9. The van der Waals surface area contributed by atoms with Crippen molar-refractivity contribution in [1.29, 1.82) is 0 Å². The summed E-state index contributed by atoms with van der Waals surface area (Å²) in [5, 5.41) is 4.97. The highest BCUT2D eigenvalue weighted by Crippen LogP contribution is 2.36. The quantitative estimate of drug-likeness (QED) is 0.831. The van der Waals surface area contributed by atoms with Crippen molar-refractivity contribution in [1.82, 2.24) is 5.32 Å². The van der Waals surface area contributed by atoms with Crippen LogP contribution in [0.25, 0.3) is 0 Å². The molecule has 3 heteroatoms. The molecule has 1 aliphatic heterocycles. The summed E-state index contributed by atoms with van der Waals surface area (Å²) < 4.78 is 0. The summed E-state index contributed by atoms with van der Waals surface area (Å²) in [4.78, 5) is 4.88. The van der Waals surface area contributed by atoms with Crippen LogP contribution in [0.4, 0.5) is 0 Å². The van der Waals surface area contributed by atoms with E-state index in [-0.39, 0.29) is 0 Å². The van der Waals surface area contributed by atoms with E-state index >= 15 is 0 Å². The molecule has 1 saturated heterocycles. The van der Waals surface area contributed by atoms with Gasteiger partial charge in [0.2, 0.25) is 0 Å². The van der Waals surface area contributed by atoms with Crippen molar-refractivity contribution in [3.05, 3.63) is 0 Å². The van der Waals surface area contributed by atoms with Gasteiger partial charge in [-0.25, -0.2) is 0 Å². The molecule has 2 fully saturated rings. The van der Waals surface area contributed by atoms with Crippen LogP contribution in [0.5, 0.6) is 0 Å². The van der Waals surface area contributed by atoms with Gasteiger partial charge >= 0.3 is 0 Å². The van der Waals surface area contributed by atoms with E-state index in [1.807, 2.05) is 11.8 Å². The zero-order valence-corrected chi connectivity index (χ0v) is 13.9. The average Bonchev–Trinajstić information content (AvgIpc) is 2.72. The molecule has 0 radical (unpaired) electrons. The van der Waals surface area contributed by atoms with Crippen LogP contribution in [0.15, 0.2) is 4.99 Å². The van der Waals surface area contributed by atoms with Crippen LogP contribution in [0.3, 0.4) is 0 Å². The lowest BCUT2D eigenvalue weighted by Crippen LogP contribution is -2.45. The fraction of sp³-hybridized carbons (Fsp3) is 0.938. The van der Waals surface area contributed by atoms with Gasteiger partial charge in [-0.15, -0.1) is 0 Å². The summed E-state index contributed by atoms with van der Waals surface area (Å²) in [6.07, 6.45) is 6.89. The summed E-state index contributed by atoms with van der Waals surface area (Å²) in [7, 11) is 0. The Hall–Kier alpha value is -0.180. The van der Waals surface area contributed by atoms with Crippen LogP contribution in [-0.2, 0) is 0 Å². The van der Waals surface area contributed by atoms with Crippen molar-refractivity contribution in [2.75, 3.05) is 12.3 Å². The minimum atomic E-state index is 0.396. The number of nitrogens with zero attached hydrogens (tertiary/aromatic N) is 1. The Morgan fingerprint density at radius 2 is 1.74 bits per heavy atom. The number of rotatable bonds is 4. The minimum Gasteiger partial charge on any atom is -0.359 e. The van der Waals surface area contributed by atoms with Crippen molar-refractivity contribution in [2.24, 2.45) is 22.7 Å². The van der Waals surface area contributed by atoms with Crippen LogP contribution in [-0.4, -0.2) is 23.0 Å². The standard InChI is InChI=1S/C16H30N2S/c1-12(2)14(13(3)4)10-17-15-18-16(11-19-15)8-6-5-7-9-16/h12-14H,5-11H2,1-4H3,(H,17,18). The number of nitrogens with one attached hydrogen (secondary N) is 1. The van der Waals surface area contributed by atoms with Gasteiger partial charge in [-0.2, -0.15) is 0 Å². The molecule has 1 N–H and O–H groups in total. The molecule has 2 rings (SSSR count). The molecule has 19 heavy (non-hydrogen) atoms. The molecule has 1 saturated carbocycles. The predicted molar refractivity (Wildman–Crippen MR) is 86.9 cm³/mol. The molecule has 1 heterocycles. The Morgan fingerprint density at radius 3 is 2.32 bits per heavy atom. The average molecular weight is 282 g/mol. The molecule has 1 aliphatic carbocycles. The number of hydrogen-bond donors (Lipinski definition) is 1. The summed E-state index contributed by atoms with van der Waals surface area (Å²) in [5.74, 6) is 3.39. The van der Waals surface area contributed by atoms with E-state index in [9.17, 15) is 0 Å². The first kappa shape index (κ1) is 15.2. The van der Waals surface area contributed by atoms with Gasteiger partial charge in [-0.05, 0) is 30.6 Å². The van der Waals surface area contributed by atoms with Crippen molar-refractivity contribution < 1.29 is 0 Å². The second-order valence-electron chi connectivity index (χ2n) is 7.05.